The minimum Gasteiger partial charge on any atom is -0.350 e. The summed E-state index contributed by atoms with van der Waals surface area (Å²) < 4.78 is 1.84. The van der Waals surface area contributed by atoms with Crippen molar-refractivity contribution in [2.45, 2.75) is 6.92 Å². The van der Waals surface area contributed by atoms with Crippen molar-refractivity contribution in [2.24, 2.45) is 0 Å². The number of aromatic nitrogens is 2. The molecule has 1 N–H and O–H groups in total. The van der Waals surface area contributed by atoms with Gasteiger partial charge in [-0.2, -0.15) is 5.10 Å². The minimum absolute atomic E-state index is 0.0558. The highest BCUT2D eigenvalue weighted by Gasteiger charge is 2.32. The van der Waals surface area contributed by atoms with Gasteiger partial charge in [-0.3, -0.25) is 14.5 Å². The van der Waals surface area contributed by atoms with E-state index in [2.05, 4.69) is 10.4 Å². The van der Waals surface area contributed by atoms with Crippen LogP contribution in [0.3, 0.4) is 0 Å². The maximum Gasteiger partial charge on any atom is 0.327 e. The summed E-state index contributed by atoms with van der Waals surface area (Å²) in [5.74, 6) is -0.437. The van der Waals surface area contributed by atoms with Gasteiger partial charge in [0.2, 0.25) is 5.91 Å². The van der Waals surface area contributed by atoms with Crippen molar-refractivity contribution in [1.29, 1.82) is 0 Å². The summed E-state index contributed by atoms with van der Waals surface area (Å²) in [4.78, 5) is 40.0. The van der Waals surface area contributed by atoms with Gasteiger partial charge in [0.1, 0.15) is 11.4 Å². The Kier molecular flexibility index (Phi) is 4.60. The molecule has 4 amide bonds. The van der Waals surface area contributed by atoms with Crippen LogP contribution in [-0.4, -0.2) is 64.1 Å². The third kappa shape index (κ3) is 3.13. The number of hydrogen-bond acceptors (Lipinski definition) is 5. The number of amides is 4. The Bertz CT molecular complexity index is 1070. The quantitative estimate of drug-likeness (QED) is 0.667. The fraction of sp³-hybridized carbons (Fsp3) is 0.263. The number of thiophene rings is 1. The van der Waals surface area contributed by atoms with Crippen molar-refractivity contribution in [1.82, 2.24) is 24.9 Å². The highest BCUT2D eigenvalue weighted by atomic mass is 32.1. The van der Waals surface area contributed by atoms with Crippen LogP contribution in [-0.2, 0) is 4.79 Å². The van der Waals surface area contributed by atoms with E-state index in [0.717, 1.165) is 26.5 Å². The number of carbonyl (C=O) groups excluding carboxylic acids is 3. The van der Waals surface area contributed by atoms with Crippen LogP contribution in [0.25, 0.3) is 15.9 Å². The Morgan fingerprint density at radius 3 is 2.68 bits per heavy atom. The number of urea groups is 1. The molecule has 3 heterocycles. The SMILES string of the molecule is Cc1nn(-c2ccccc2)c2sc(C(=O)NCCN3CC(=O)N(C)C3=O)cc12. The second-order valence-electron chi connectivity index (χ2n) is 6.58. The van der Waals surface area contributed by atoms with Gasteiger partial charge in [-0.1, -0.05) is 18.2 Å². The molecular formula is C19H19N5O3S. The number of fused-ring (bicyclic) bond motifs is 1. The average molecular weight is 397 g/mol. The third-order valence-corrected chi connectivity index (χ3v) is 5.80. The van der Waals surface area contributed by atoms with Crippen molar-refractivity contribution in [2.75, 3.05) is 26.7 Å². The second-order valence-corrected chi connectivity index (χ2v) is 7.61. The van der Waals surface area contributed by atoms with Crippen molar-refractivity contribution in [3.63, 3.8) is 0 Å². The molecule has 1 fully saturated rings. The van der Waals surface area contributed by atoms with E-state index >= 15 is 0 Å². The number of rotatable bonds is 5. The maximum absolute atomic E-state index is 12.5. The lowest BCUT2D eigenvalue weighted by atomic mass is 10.3. The molecule has 0 unspecified atom stereocenters. The summed E-state index contributed by atoms with van der Waals surface area (Å²) in [6, 6.07) is 11.3. The van der Waals surface area contributed by atoms with Crippen LogP contribution in [0, 0.1) is 6.92 Å². The standard InChI is InChI=1S/C19H19N5O3S/c1-12-14-10-15(28-18(14)24(21-12)13-6-4-3-5-7-13)17(26)20-8-9-23-11-16(25)22(2)19(23)27/h3-7,10H,8-9,11H2,1-2H3,(H,20,26). The molecule has 0 bridgehead atoms. The largest absolute Gasteiger partial charge is 0.350 e. The molecule has 1 aliphatic heterocycles. The Hall–Kier alpha value is -3.20. The first-order valence-corrected chi connectivity index (χ1v) is 9.65. The zero-order chi connectivity index (χ0) is 19.8. The predicted octanol–water partition coefficient (Wildman–Crippen LogP) is 2.02. The summed E-state index contributed by atoms with van der Waals surface area (Å²) in [5.41, 5.74) is 1.80. The molecule has 0 spiro atoms. The molecule has 1 aliphatic rings. The summed E-state index contributed by atoms with van der Waals surface area (Å²) in [5, 5.41) is 8.34. The molecule has 0 atom stereocenters. The van der Waals surface area contributed by atoms with Crippen LogP contribution in [0.15, 0.2) is 36.4 Å². The van der Waals surface area contributed by atoms with Gasteiger partial charge >= 0.3 is 6.03 Å². The lowest BCUT2D eigenvalue weighted by Gasteiger charge is -2.14. The van der Waals surface area contributed by atoms with Gasteiger partial charge in [-0.15, -0.1) is 11.3 Å². The molecule has 4 rings (SSSR count). The van der Waals surface area contributed by atoms with E-state index in [1.165, 1.54) is 23.3 Å². The van der Waals surface area contributed by atoms with Crippen LogP contribution in [0.2, 0.25) is 0 Å². The number of benzene rings is 1. The molecule has 1 aromatic carbocycles. The predicted molar refractivity (Wildman–Crippen MR) is 106 cm³/mol. The molecule has 9 heteroatoms. The normalized spacial score (nSPS) is 14.4. The van der Waals surface area contributed by atoms with Crippen molar-refractivity contribution in [3.8, 4) is 5.69 Å². The van der Waals surface area contributed by atoms with Crippen molar-refractivity contribution >= 4 is 39.4 Å². The number of imide groups is 1. The fourth-order valence-corrected chi connectivity index (χ4v) is 4.22. The number of likely N-dealkylation sites (N-methyl/N-ethyl adjacent to an activating group) is 1. The van der Waals surface area contributed by atoms with E-state index in [-0.39, 0.29) is 30.9 Å². The molecule has 0 aliphatic carbocycles. The van der Waals surface area contributed by atoms with Gasteiger partial charge < -0.3 is 10.2 Å². The molecular weight excluding hydrogens is 378 g/mol. The number of para-hydroxylation sites is 1. The Morgan fingerprint density at radius 1 is 1.25 bits per heavy atom. The van der Waals surface area contributed by atoms with E-state index in [0.29, 0.717) is 11.4 Å². The van der Waals surface area contributed by atoms with Crippen molar-refractivity contribution in [3.05, 3.63) is 47.0 Å². The molecule has 144 valence electrons. The van der Waals surface area contributed by atoms with Crippen LogP contribution < -0.4 is 5.32 Å². The minimum atomic E-state index is -0.334. The van der Waals surface area contributed by atoms with Crippen LogP contribution in [0.5, 0.6) is 0 Å². The lowest BCUT2D eigenvalue weighted by molar-refractivity contribution is -0.124. The molecule has 1 saturated heterocycles. The number of hydrogen-bond donors (Lipinski definition) is 1. The Balaban J connectivity index is 1.47. The molecule has 0 saturated carbocycles. The average Bonchev–Trinajstić information content (AvgIpc) is 3.33. The monoisotopic (exact) mass is 397 g/mol. The van der Waals surface area contributed by atoms with Crippen LogP contribution in [0.4, 0.5) is 4.79 Å². The first-order valence-electron chi connectivity index (χ1n) is 8.84. The maximum atomic E-state index is 12.5. The highest BCUT2D eigenvalue weighted by Crippen LogP contribution is 2.30. The Morgan fingerprint density at radius 2 is 2.00 bits per heavy atom. The molecule has 8 nitrogen and oxygen atoms in total. The van der Waals surface area contributed by atoms with E-state index in [4.69, 9.17) is 0 Å². The first-order chi connectivity index (χ1) is 13.5. The molecule has 3 aromatic rings. The van der Waals surface area contributed by atoms with Gasteiger partial charge in [0.15, 0.2) is 0 Å². The van der Waals surface area contributed by atoms with Gasteiger partial charge in [0.25, 0.3) is 5.91 Å². The first kappa shape index (κ1) is 18.2. The molecule has 0 radical (unpaired) electrons. The molecule has 28 heavy (non-hydrogen) atoms. The van der Waals surface area contributed by atoms with E-state index in [1.807, 2.05) is 48.0 Å². The third-order valence-electron chi connectivity index (χ3n) is 4.69. The van der Waals surface area contributed by atoms with Gasteiger partial charge in [0.05, 0.1) is 16.3 Å². The molecule has 2 aromatic heterocycles. The number of nitrogens with zero attached hydrogens (tertiary/aromatic N) is 4. The number of carbonyl (C=O) groups is 3. The van der Waals surface area contributed by atoms with Gasteiger partial charge in [-0.25, -0.2) is 9.48 Å². The number of nitrogens with one attached hydrogen (secondary N) is 1. The van der Waals surface area contributed by atoms with E-state index in [9.17, 15) is 14.4 Å². The fourth-order valence-electron chi connectivity index (χ4n) is 3.13. The smallest absolute Gasteiger partial charge is 0.327 e. The lowest BCUT2D eigenvalue weighted by Crippen LogP contribution is -2.37. The highest BCUT2D eigenvalue weighted by molar-refractivity contribution is 7.20. The van der Waals surface area contributed by atoms with Crippen LogP contribution in [0.1, 0.15) is 15.4 Å². The zero-order valence-electron chi connectivity index (χ0n) is 15.5. The Labute approximate surface area is 165 Å². The van der Waals surface area contributed by atoms with E-state index in [1.54, 1.807) is 0 Å². The summed E-state index contributed by atoms with van der Waals surface area (Å²) in [7, 11) is 1.46. The zero-order valence-corrected chi connectivity index (χ0v) is 16.3. The van der Waals surface area contributed by atoms with E-state index < -0.39 is 0 Å². The number of aryl methyl sites for hydroxylation is 1. The summed E-state index contributed by atoms with van der Waals surface area (Å²) >= 11 is 1.38. The van der Waals surface area contributed by atoms with Crippen LogP contribution >= 0.6 is 11.3 Å². The second kappa shape index (κ2) is 7.08. The summed E-state index contributed by atoms with van der Waals surface area (Å²) in [6.45, 7) is 2.55. The van der Waals surface area contributed by atoms with Gasteiger partial charge in [-0.05, 0) is 25.1 Å². The van der Waals surface area contributed by atoms with Gasteiger partial charge in [0, 0.05) is 25.5 Å². The van der Waals surface area contributed by atoms with Crippen molar-refractivity contribution < 1.29 is 14.4 Å². The topological polar surface area (TPSA) is 87.5 Å². The summed E-state index contributed by atoms with van der Waals surface area (Å²) in [6.07, 6.45) is 0.